The number of aliphatic carboxylic acids is 1. The molecule has 106 valence electrons. The zero-order valence-corrected chi connectivity index (χ0v) is 11.7. The van der Waals surface area contributed by atoms with Crippen LogP contribution in [0.15, 0.2) is 22.0 Å². The van der Waals surface area contributed by atoms with Crippen LogP contribution in [0.1, 0.15) is 25.2 Å². The summed E-state index contributed by atoms with van der Waals surface area (Å²) in [7, 11) is 0. The molecule has 1 unspecified atom stereocenters. The Kier molecular flexibility index (Phi) is 3.79. The Morgan fingerprint density at radius 1 is 1.55 bits per heavy atom. The lowest BCUT2D eigenvalue weighted by Gasteiger charge is -2.31. The van der Waals surface area contributed by atoms with Crippen molar-refractivity contribution in [3.8, 4) is 10.7 Å². The molecule has 7 heteroatoms. The summed E-state index contributed by atoms with van der Waals surface area (Å²) in [4.78, 5) is 18.4. The second kappa shape index (κ2) is 5.72. The second-order valence-corrected chi connectivity index (χ2v) is 5.76. The molecular weight excluding hydrogens is 278 g/mol. The standard InChI is InChI=1S/C13H15N3O3S/c17-13(18)9-4-1-2-6-16(9)8-11-14-12(15-19-11)10-5-3-7-20-10/h3,5,7,9H,1-2,4,6,8H2,(H,17,18). The lowest BCUT2D eigenvalue weighted by Crippen LogP contribution is -2.44. The first-order chi connectivity index (χ1) is 9.74. The molecule has 1 saturated heterocycles. The van der Waals surface area contributed by atoms with Crippen LogP contribution in [0.4, 0.5) is 0 Å². The van der Waals surface area contributed by atoms with E-state index >= 15 is 0 Å². The van der Waals surface area contributed by atoms with Crippen LogP contribution in [0.3, 0.4) is 0 Å². The van der Waals surface area contributed by atoms with E-state index in [2.05, 4.69) is 10.1 Å². The average molecular weight is 293 g/mol. The largest absolute Gasteiger partial charge is 0.480 e. The van der Waals surface area contributed by atoms with Crippen LogP contribution < -0.4 is 0 Å². The third kappa shape index (κ3) is 2.73. The van der Waals surface area contributed by atoms with Crippen molar-refractivity contribution in [3.63, 3.8) is 0 Å². The molecule has 0 spiro atoms. The van der Waals surface area contributed by atoms with Gasteiger partial charge < -0.3 is 9.63 Å². The number of piperidine rings is 1. The van der Waals surface area contributed by atoms with Crippen molar-refractivity contribution in [2.24, 2.45) is 0 Å². The van der Waals surface area contributed by atoms with Gasteiger partial charge in [0, 0.05) is 0 Å². The molecule has 0 radical (unpaired) electrons. The molecule has 1 fully saturated rings. The highest BCUT2D eigenvalue weighted by Gasteiger charge is 2.29. The van der Waals surface area contributed by atoms with Crippen LogP contribution in [0.25, 0.3) is 10.7 Å². The number of likely N-dealkylation sites (tertiary alicyclic amines) is 1. The summed E-state index contributed by atoms with van der Waals surface area (Å²) in [5.74, 6) is 0.267. The first kappa shape index (κ1) is 13.3. The number of carbonyl (C=O) groups is 1. The van der Waals surface area contributed by atoms with Gasteiger partial charge in [0.2, 0.25) is 11.7 Å². The number of hydrogen-bond acceptors (Lipinski definition) is 6. The fourth-order valence-electron chi connectivity index (χ4n) is 2.46. The molecule has 3 heterocycles. The van der Waals surface area contributed by atoms with E-state index in [0.717, 1.165) is 24.3 Å². The molecule has 2 aromatic heterocycles. The summed E-state index contributed by atoms with van der Waals surface area (Å²) in [6, 6.07) is 3.42. The second-order valence-electron chi connectivity index (χ2n) is 4.81. The fraction of sp³-hybridized carbons (Fsp3) is 0.462. The quantitative estimate of drug-likeness (QED) is 0.931. The Morgan fingerprint density at radius 2 is 2.45 bits per heavy atom. The fourth-order valence-corrected chi connectivity index (χ4v) is 3.11. The van der Waals surface area contributed by atoms with Crippen molar-refractivity contribution < 1.29 is 14.4 Å². The monoisotopic (exact) mass is 293 g/mol. The van der Waals surface area contributed by atoms with Gasteiger partial charge in [0.15, 0.2) is 0 Å². The van der Waals surface area contributed by atoms with E-state index in [1.165, 1.54) is 0 Å². The van der Waals surface area contributed by atoms with Crippen molar-refractivity contribution in [2.45, 2.75) is 31.8 Å². The molecule has 1 aliphatic rings. The van der Waals surface area contributed by atoms with Gasteiger partial charge in [0.05, 0.1) is 11.4 Å². The molecule has 20 heavy (non-hydrogen) atoms. The van der Waals surface area contributed by atoms with Crippen LogP contribution in [0.2, 0.25) is 0 Å². The zero-order valence-electron chi connectivity index (χ0n) is 10.9. The van der Waals surface area contributed by atoms with Crippen LogP contribution in [0.5, 0.6) is 0 Å². The predicted molar refractivity (Wildman–Crippen MR) is 73.3 cm³/mol. The van der Waals surface area contributed by atoms with Gasteiger partial charge in [-0.05, 0) is 30.8 Å². The highest BCUT2D eigenvalue weighted by molar-refractivity contribution is 7.13. The number of rotatable bonds is 4. The number of thiophene rings is 1. The van der Waals surface area contributed by atoms with Crippen LogP contribution >= 0.6 is 11.3 Å². The van der Waals surface area contributed by atoms with Gasteiger partial charge in [0.1, 0.15) is 6.04 Å². The molecule has 0 amide bonds. The van der Waals surface area contributed by atoms with E-state index in [9.17, 15) is 9.90 Å². The predicted octanol–water partition coefficient (Wildman–Crippen LogP) is 2.24. The highest BCUT2D eigenvalue weighted by Crippen LogP contribution is 2.23. The van der Waals surface area contributed by atoms with E-state index in [1.807, 2.05) is 22.4 Å². The van der Waals surface area contributed by atoms with E-state index in [4.69, 9.17) is 4.52 Å². The van der Waals surface area contributed by atoms with Gasteiger partial charge in [-0.15, -0.1) is 11.3 Å². The van der Waals surface area contributed by atoms with Crippen molar-refractivity contribution >= 4 is 17.3 Å². The van der Waals surface area contributed by atoms with E-state index in [-0.39, 0.29) is 0 Å². The first-order valence-corrected chi connectivity index (χ1v) is 7.45. The molecule has 0 aromatic carbocycles. The molecule has 0 bridgehead atoms. The Hall–Kier alpha value is -1.73. The summed E-state index contributed by atoms with van der Waals surface area (Å²) >= 11 is 1.55. The summed E-state index contributed by atoms with van der Waals surface area (Å²) in [5, 5.41) is 15.1. The van der Waals surface area contributed by atoms with Gasteiger partial charge in [-0.25, -0.2) is 0 Å². The number of carboxylic acids is 1. The topological polar surface area (TPSA) is 79.5 Å². The van der Waals surface area contributed by atoms with Crippen LogP contribution in [0, 0.1) is 0 Å². The van der Waals surface area contributed by atoms with Crippen molar-refractivity contribution in [1.82, 2.24) is 15.0 Å². The third-order valence-electron chi connectivity index (χ3n) is 3.45. The van der Waals surface area contributed by atoms with Crippen LogP contribution in [-0.4, -0.2) is 38.7 Å². The molecule has 1 N–H and O–H groups in total. The molecule has 2 aromatic rings. The van der Waals surface area contributed by atoms with Gasteiger partial charge in [-0.2, -0.15) is 4.98 Å². The SMILES string of the molecule is O=C(O)C1CCCCN1Cc1nc(-c2cccs2)no1. The Bertz CT molecular complexity index is 581. The maximum absolute atomic E-state index is 11.2. The summed E-state index contributed by atoms with van der Waals surface area (Å²) < 4.78 is 5.23. The summed E-state index contributed by atoms with van der Waals surface area (Å²) in [5.41, 5.74) is 0. The Labute approximate surface area is 120 Å². The smallest absolute Gasteiger partial charge is 0.320 e. The lowest BCUT2D eigenvalue weighted by molar-refractivity contribution is -0.145. The molecule has 0 saturated carbocycles. The van der Waals surface area contributed by atoms with Gasteiger partial charge in [-0.3, -0.25) is 9.69 Å². The molecule has 3 rings (SSSR count). The minimum Gasteiger partial charge on any atom is -0.480 e. The molecule has 6 nitrogen and oxygen atoms in total. The van der Waals surface area contributed by atoms with Crippen LogP contribution in [-0.2, 0) is 11.3 Å². The molecular formula is C13H15N3O3S. The number of nitrogens with zero attached hydrogens (tertiary/aromatic N) is 3. The van der Waals surface area contributed by atoms with Crippen molar-refractivity contribution in [2.75, 3.05) is 6.54 Å². The first-order valence-electron chi connectivity index (χ1n) is 6.57. The van der Waals surface area contributed by atoms with Gasteiger partial charge in [0.25, 0.3) is 0 Å². The number of hydrogen-bond donors (Lipinski definition) is 1. The summed E-state index contributed by atoms with van der Waals surface area (Å²) in [6.45, 7) is 1.16. The Balaban J connectivity index is 1.72. The minimum atomic E-state index is -0.775. The van der Waals surface area contributed by atoms with E-state index < -0.39 is 12.0 Å². The van der Waals surface area contributed by atoms with Crippen molar-refractivity contribution in [3.05, 3.63) is 23.4 Å². The molecule has 1 aliphatic heterocycles. The maximum atomic E-state index is 11.2. The highest BCUT2D eigenvalue weighted by atomic mass is 32.1. The van der Waals surface area contributed by atoms with E-state index in [1.54, 1.807) is 11.3 Å². The minimum absolute atomic E-state index is 0.398. The van der Waals surface area contributed by atoms with Gasteiger partial charge in [-0.1, -0.05) is 17.6 Å². The zero-order chi connectivity index (χ0) is 13.9. The normalized spacial score (nSPS) is 20.1. The molecule has 0 aliphatic carbocycles. The van der Waals surface area contributed by atoms with Gasteiger partial charge >= 0.3 is 5.97 Å². The number of aromatic nitrogens is 2. The maximum Gasteiger partial charge on any atom is 0.320 e. The average Bonchev–Trinajstić information content (AvgIpc) is 3.09. The Morgan fingerprint density at radius 3 is 3.20 bits per heavy atom. The van der Waals surface area contributed by atoms with Crippen molar-refractivity contribution in [1.29, 1.82) is 0 Å². The number of carboxylic acid groups (broad SMARTS) is 1. The lowest BCUT2D eigenvalue weighted by atomic mass is 10.0. The molecule has 1 atom stereocenters. The van der Waals surface area contributed by atoms with E-state index in [0.29, 0.717) is 24.7 Å². The third-order valence-corrected chi connectivity index (χ3v) is 4.31. The summed E-state index contributed by atoms with van der Waals surface area (Å²) in [6.07, 6.45) is 2.65.